The van der Waals surface area contributed by atoms with Crippen LogP contribution in [0.15, 0.2) is 82.6 Å². The van der Waals surface area contributed by atoms with Crippen molar-refractivity contribution in [2.75, 3.05) is 22.9 Å². The van der Waals surface area contributed by atoms with Crippen LogP contribution in [0.25, 0.3) is 0 Å². The normalized spacial score (nSPS) is 16.5. The summed E-state index contributed by atoms with van der Waals surface area (Å²) in [6, 6.07) is 25.7. The first-order valence-electron chi connectivity index (χ1n) is 28.7. The molecule has 0 saturated carbocycles. The lowest BCUT2D eigenvalue weighted by Crippen LogP contribution is -2.33. The maximum Gasteiger partial charge on any atom is 0.245 e. The molecule has 0 N–H and O–H groups in total. The van der Waals surface area contributed by atoms with Crippen LogP contribution >= 0.6 is 23.5 Å². The Balaban J connectivity index is 1.44. The largest absolute Gasteiger partial charge is 0.311 e. The van der Waals surface area contributed by atoms with Crippen LogP contribution in [-0.2, 0) is 9.59 Å². The van der Waals surface area contributed by atoms with Gasteiger partial charge in [-0.15, -0.1) is 23.5 Å². The van der Waals surface area contributed by atoms with Crippen LogP contribution in [-0.4, -0.2) is 24.9 Å². The van der Waals surface area contributed by atoms with E-state index in [0.29, 0.717) is 11.8 Å². The molecule has 0 aromatic heterocycles. The first-order valence-corrected chi connectivity index (χ1v) is 30.5. The third kappa shape index (κ3) is 19.1. The van der Waals surface area contributed by atoms with Gasteiger partial charge in [0, 0.05) is 45.4 Å². The lowest BCUT2D eigenvalue weighted by Gasteiger charge is -2.26. The summed E-state index contributed by atoms with van der Waals surface area (Å²) in [7, 11) is 0. The molecule has 4 unspecified atom stereocenters. The second-order valence-corrected chi connectivity index (χ2v) is 23.2. The minimum Gasteiger partial charge on any atom is -0.311 e. The summed E-state index contributed by atoms with van der Waals surface area (Å²) in [4.78, 5) is 36.9. The smallest absolute Gasteiger partial charge is 0.245 e. The Morgan fingerprint density at radius 1 is 0.382 bits per heavy atom. The molecule has 5 rings (SSSR count). The molecule has 2 aliphatic heterocycles. The molecular formula is C62H96N2O2S2. The van der Waals surface area contributed by atoms with Gasteiger partial charge in [0.25, 0.3) is 0 Å². The van der Waals surface area contributed by atoms with Gasteiger partial charge in [-0.05, 0) is 73.9 Å². The predicted molar refractivity (Wildman–Crippen MR) is 299 cm³/mol. The molecule has 3 aromatic rings. The zero-order chi connectivity index (χ0) is 48.0. The van der Waals surface area contributed by atoms with Gasteiger partial charge in [-0.1, -0.05) is 244 Å². The van der Waals surface area contributed by atoms with E-state index in [-0.39, 0.29) is 22.3 Å². The number of fused-ring (bicyclic) bond motifs is 2. The summed E-state index contributed by atoms with van der Waals surface area (Å²) < 4.78 is 0. The van der Waals surface area contributed by atoms with E-state index in [2.05, 4.69) is 110 Å². The Morgan fingerprint density at radius 2 is 0.647 bits per heavy atom. The molecule has 0 aliphatic carbocycles. The van der Waals surface area contributed by atoms with Gasteiger partial charge in [0.15, 0.2) is 0 Å². The zero-order valence-corrected chi connectivity index (χ0v) is 45.4. The van der Waals surface area contributed by atoms with Gasteiger partial charge in [-0.25, -0.2) is 0 Å². The molecule has 0 bridgehead atoms. The number of unbranched alkanes of at least 4 members (excludes halogenated alkanes) is 24. The van der Waals surface area contributed by atoms with E-state index in [1.807, 2.05) is 0 Å². The highest BCUT2D eigenvalue weighted by molar-refractivity contribution is 8.00. The molecule has 2 aliphatic rings. The van der Waals surface area contributed by atoms with E-state index in [9.17, 15) is 0 Å². The minimum atomic E-state index is -0.329. The summed E-state index contributed by atoms with van der Waals surface area (Å²) in [5.41, 5.74) is 4.32. The Hall–Kier alpha value is -2.70. The van der Waals surface area contributed by atoms with Gasteiger partial charge < -0.3 is 9.80 Å². The van der Waals surface area contributed by atoms with Crippen molar-refractivity contribution < 1.29 is 9.59 Å². The minimum absolute atomic E-state index is 0.224. The Labute approximate surface area is 426 Å². The first-order chi connectivity index (χ1) is 33.5. The van der Waals surface area contributed by atoms with Crippen LogP contribution in [0, 0.1) is 11.8 Å². The van der Waals surface area contributed by atoms with Gasteiger partial charge in [0.1, 0.15) is 10.5 Å². The average molecular weight is 966 g/mol. The van der Waals surface area contributed by atoms with Crippen molar-refractivity contribution in [3.63, 3.8) is 0 Å². The maximum atomic E-state index is 15.2. The number of carbonyl (C=O) groups is 2. The Bertz CT molecular complexity index is 1670. The van der Waals surface area contributed by atoms with Crippen molar-refractivity contribution in [3.05, 3.63) is 83.9 Å². The molecule has 0 saturated heterocycles. The molecule has 6 heteroatoms. The van der Waals surface area contributed by atoms with Crippen LogP contribution in [0.2, 0.25) is 0 Å². The van der Waals surface area contributed by atoms with E-state index in [1.54, 1.807) is 23.5 Å². The van der Waals surface area contributed by atoms with Crippen molar-refractivity contribution >= 4 is 46.7 Å². The number of thioether (sulfide) groups is 2. The van der Waals surface area contributed by atoms with Gasteiger partial charge >= 0.3 is 0 Å². The van der Waals surface area contributed by atoms with Crippen molar-refractivity contribution in [1.29, 1.82) is 0 Å². The third-order valence-corrected chi connectivity index (χ3v) is 17.5. The summed E-state index contributed by atoms with van der Waals surface area (Å²) >= 11 is 3.40. The molecule has 378 valence electrons. The summed E-state index contributed by atoms with van der Waals surface area (Å²) in [5, 5.41) is -0.658. The van der Waals surface area contributed by atoms with Crippen LogP contribution in [0.5, 0.6) is 0 Å². The molecule has 0 fully saturated rings. The van der Waals surface area contributed by atoms with Crippen LogP contribution in [0.4, 0.5) is 11.4 Å². The molecular weight excluding hydrogens is 869 g/mol. The fraction of sp³-hybridized carbons (Fsp3) is 0.677. The molecule has 0 spiro atoms. The summed E-state index contributed by atoms with van der Waals surface area (Å²) in [6.45, 7) is 10.7. The number of rotatable bonds is 40. The molecule has 4 nitrogen and oxygen atoms in total. The van der Waals surface area contributed by atoms with Crippen molar-refractivity contribution in [2.45, 2.75) is 253 Å². The van der Waals surface area contributed by atoms with Crippen LogP contribution in [0.1, 0.15) is 255 Å². The summed E-state index contributed by atoms with van der Waals surface area (Å²) in [6.07, 6.45) is 41.5. The number of amides is 2. The predicted octanol–water partition coefficient (Wildman–Crippen LogP) is 19.8. The van der Waals surface area contributed by atoms with E-state index < -0.39 is 0 Å². The van der Waals surface area contributed by atoms with E-state index in [4.69, 9.17) is 0 Å². The molecule has 3 aromatic carbocycles. The average Bonchev–Trinajstić information content (AvgIpc) is 3.75. The second kappa shape index (κ2) is 33.8. The third-order valence-electron chi connectivity index (χ3n) is 15.0. The van der Waals surface area contributed by atoms with E-state index >= 15 is 9.59 Å². The highest BCUT2D eigenvalue weighted by atomic mass is 32.2. The van der Waals surface area contributed by atoms with Crippen LogP contribution in [0.3, 0.4) is 0 Å². The Kier molecular flexibility index (Phi) is 27.9. The Morgan fingerprint density at radius 3 is 0.926 bits per heavy atom. The number of hydrogen-bond donors (Lipinski definition) is 0. The molecule has 0 radical (unpaired) electrons. The van der Waals surface area contributed by atoms with Gasteiger partial charge in [-0.3, -0.25) is 9.59 Å². The lowest BCUT2D eigenvalue weighted by molar-refractivity contribution is -0.118. The fourth-order valence-corrected chi connectivity index (χ4v) is 13.1. The first kappa shape index (κ1) is 56.2. The fourth-order valence-electron chi connectivity index (χ4n) is 10.9. The second-order valence-electron chi connectivity index (χ2n) is 20.9. The summed E-state index contributed by atoms with van der Waals surface area (Å²) in [5.74, 6) is 1.39. The van der Waals surface area contributed by atoms with Gasteiger partial charge in [0.05, 0.1) is 0 Å². The maximum absolute atomic E-state index is 15.2. The quantitative estimate of drug-likeness (QED) is 0.0533. The highest BCUT2D eigenvalue weighted by Gasteiger charge is 2.45. The number of carbonyl (C=O) groups excluding carboxylic acids is 2. The molecule has 2 heterocycles. The zero-order valence-electron chi connectivity index (χ0n) is 43.8. The molecule has 2 amide bonds. The lowest BCUT2D eigenvalue weighted by atomic mass is 9.93. The van der Waals surface area contributed by atoms with Crippen molar-refractivity contribution in [2.24, 2.45) is 11.8 Å². The number of benzene rings is 3. The van der Waals surface area contributed by atoms with E-state index in [1.165, 1.54) is 205 Å². The van der Waals surface area contributed by atoms with Gasteiger partial charge in [0.2, 0.25) is 11.8 Å². The molecule has 4 atom stereocenters. The SMILES string of the molecule is CCCCCCCCCCC(CCCCCCCC)CN1C(=O)C(Sc2ccccc2)c2cc3c(cc21)C(Sc1ccccc1)C(=O)N3CC(CCCCCCCC)CCCCCCCCCC. The van der Waals surface area contributed by atoms with E-state index in [0.717, 1.165) is 45.4 Å². The van der Waals surface area contributed by atoms with Crippen molar-refractivity contribution in [3.8, 4) is 0 Å². The van der Waals surface area contributed by atoms with Gasteiger partial charge in [-0.2, -0.15) is 0 Å². The number of hydrogen-bond acceptors (Lipinski definition) is 4. The standard InChI is InChI=1S/C62H96N2O2S2/c1-5-9-13-17-21-23-27-33-41-51(39-31-25-19-15-11-7-3)49-63-57-47-56-58(48-55(57)59(61(63)65)67-53-43-35-29-36-44-53)64(62(66)60(56)68-54-45-37-30-38-46-54)50-52(40-32-26-20-16-12-8-4)42-34-28-24-22-18-14-10-6-2/h29-30,35-38,43-48,51-52,59-60H,5-28,31-34,39-42,49-50H2,1-4H3. The topological polar surface area (TPSA) is 40.6 Å². The number of nitrogens with zero attached hydrogens (tertiary/aromatic N) is 2. The monoisotopic (exact) mass is 965 g/mol. The molecule has 68 heavy (non-hydrogen) atoms. The van der Waals surface area contributed by atoms with Crippen LogP contribution < -0.4 is 9.80 Å². The highest BCUT2D eigenvalue weighted by Crippen LogP contribution is 2.54. The number of anilines is 2. The van der Waals surface area contributed by atoms with Crippen molar-refractivity contribution in [1.82, 2.24) is 0 Å².